The standard InChI is InChI=1S/C24H19NO3/c1-14-8-10-20-17(12-14)24(26)28-22-18-13-15(2)9-11-21(18)27-23(22)25(20)19-7-5-4-6-16(19)3/h4-13H,1-3H3. The minimum absolute atomic E-state index is 0.375. The van der Waals surface area contributed by atoms with Crippen molar-refractivity contribution in [3.8, 4) is 5.75 Å². The summed E-state index contributed by atoms with van der Waals surface area (Å²) in [5.74, 6) is 0.604. The van der Waals surface area contributed by atoms with E-state index in [4.69, 9.17) is 9.15 Å². The van der Waals surface area contributed by atoms with E-state index in [1.165, 1.54) is 0 Å². The van der Waals surface area contributed by atoms with Gasteiger partial charge in [0, 0.05) is 0 Å². The molecule has 0 aliphatic carbocycles. The molecule has 3 aromatic carbocycles. The number of esters is 1. The van der Waals surface area contributed by atoms with Gasteiger partial charge in [-0.25, -0.2) is 4.79 Å². The van der Waals surface area contributed by atoms with Gasteiger partial charge in [0.05, 0.1) is 22.3 Å². The summed E-state index contributed by atoms with van der Waals surface area (Å²) < 4.78 is 12.1. The highest BCUT2D eigenvalue weighted by Crippen LogP contribution is 2.50. The number of hydrogen-bond donors (Lipinski definition) is 0. The fraction of sp³-hybridized carbons (Fsp3) is 0.125. The van der Waals surface area contributed by atoms with E-state index in [0.29, 0.717) is 22.8 Å². The first-order valence-corrected chi connectivity index (χ1v) is 9.24. The molecule has 1 aliphatic rings. The van der Waals surface area contributed by atoms with Gasteiger partial charge in [-0.05, 0) is 56.7 Å². The third kappa shape index (κ3) is 2.42. The zero-order valence-corrected chi connectivity index (χ0v) is 15.9. The fourth-order valence-corrected chi connectivity index (χ4v) is 3.74. The molecule has 1 aliphatic heterocycles. The third-order valence-electron chi connectivity index (χ3n) is 5.15. The monoisotopic (exact) mass is 369 g/mol. The van der Waals surface area contributed by atoms with E-state index in [2.05, 4.69) is 0 Å². The summed E-state index contributed by atoms with van der Waals surface area (Å²) in [6.07, 6.45) is 0. The molecule has 5 rings (SSSR count). The number of nitrogens with zero attached hydrogens (tertiary/aromatic N) is 1. The van der Waals surface area contributed by atoms with Gasteiger partial charge in [0.2, 0.25) is 11.6 Å². The van der Waals surface area contributed by atoms with Crippen LogP contribution in [0.5, 0.6) is 5.75 Å². The van der Waals surface area contributed by atoms with Crippen LogP contribution in [0.25, 0.3) is 11.0 Å². The Kier molecular flexibility index (Phi) is 3.56. The van der Waals surface area contributed by atoms with Crippen LogP contribution in [0, 0.1) is 20.8 Å². The number of fused-ring (bicyclic) bond motifs is 4. The number of furan rings is 1. The highest BCUT2D eigenvalue weighted by molar-refractivity contribution is 6.06. The molecule has 0 saturated carbocycles. The van der Waals surface area contributed by atoms with E-state index in [1.807, 2.05) is 86.3 Å². The number of carbonyl (C=O) groups is 1. The molecule has 0 unspecified atom stereocenters. The van der Waals surface area contributed by atoms with Gasteiger partial charge in [-0.2, -0.15) is 0 Å². The molecule has 0 spiro atoms. The number of rotatable bonds is 1. The van der Waals surface area contributed by atoms with Crippen molar-refractivity contribution < 1.29 is 13.9 Å². The molecule has 0 fully saturated rings. The van der Waals surface area contributed by atoms with Crippen LogP contribution in [0.2, 0.25) is 0 Å². The molecule has 4 heteroatoms. The number of aryl methyl sites for hydroxylation is 3. The molecule has 4 aromatic rings. The van der Waals surface area contributed by atoms with E-state index in [9.17, 15) is 4.79 Å². The van der Waals surface area contributed by atoms with Gasteiger partial charge in [0.1, 0.15) is 5.58 Å². The molecule has 0 bridgehead atoms. The number of anilines is 3. The molecule has 138 valence electrons. The van der Waals surface area contributed by atoms with Gasteiger partial charge in [-0.1, -0.05) is 41.5 Å². The molecule has 0 amide bonds. The predicted octanol–water partition coefficient (Wildman–Crippen LogP) is 6.36. The van der Waals surface area contributed by atoms with Crippen LogP contribution in [0.4, 0.5) is 17.3 Å². The van der Waals surface area contributed by atoms with Crippen LogP contribution in [0.1, 0.15) is 27.0 Å². The molecule has 0 radical (unpaired) electrons. The largest absolute Gasteiger partial charge is 0.436 e. The zero-order valence-electron chi connectivity index (χ0n) is 15.9. The highest BCUT2D eigenvalue weighted by Gasteiger charge is 2.33. The molecular formula is C24H19NO3. The van der Waals surface area contributed by atoms with Gasteiger partial charge in [0.15, 0.2) is 0 Å². The van der Waals surface area contributed by atoms with Crippen LogP contribution < -0.4 is 9.64 Å². The maximum Gasteiger partial charge on any atom is 0.345 e. The van der Waals surface area contributed by atoms with Gasteiger partial charge in [0.25, 0.3) is 0 Å². The lowest BCUT2D eigenvalue weighted by molar-refractivity contribution is 0.0740. The van der Waals surface area contributed by atoms with E-state index in [-0.39, 0.29) is 5.97 Å². The van der Waals surface area contributed by atoms with E-state index in [1.54, 1.807) is 0 Å². The summed E-state index contributed by atoms with van der Waals surface area (Å²) in [5.41, 5.74) is 6.06. The van der Waals surface area contributed by atoms with E-state index < -0.39 is 0 Å². The molecular weight excluding hydrogens is 350 g/mol. The van der Waals surface area contributed by atoms with Gasteiger partial charge >= 0.3 is 5.97 Å². The van der Waals surface area contributed by atoms with Crippen molar-refractivity contribution in [3.05, 3.63) is 82.9 Å². The Morgan fingerprint density at radius 2 is 1.57 bits per heavy atom. The van der Waals surface area contributed by atoms with Gasteiger partial charge in [-0.15, -0.1) is 0 Å². The molecule has 0 saturated heterocycles. The Balaban J connectivity index is 1.89. The van der Waals surface area contributed by atoms with Crippen molar-refractivity contribution in [2.45, 2.75) is 20.8 Å². The van der Waals surface area contributed by atoms with Crippen molar-refractivity contribution in [1.82, 2.24) is 0 Å². The average molecular weight is 369 g/mol. The first kappa shape index (κ1) is 16.6. The number of ether oxygens (including phenoxy) is 1. The first-order valence-electron chi connectivity index (χ1n) is 9.24. The lowest BCUT2D eigenvalue weighted by atomic mass is 10.1. The molecule has 1 aromatic heterocycles. The summed E-state index contributed by atoms with van der Waals surface area (Å²) in [5, 5.41) is 0.798. The summed E-state index contributed by atoms with van der Waals surface area (Å²) in [6, 6.07) is 19.8. The lowest BCUT2D eigenvalue weighted by Crippen LogP contribution is -2.13. The second kappa shape index (κ2) is 5.99. The first-order chi connectivity index (χ1) is 13.5. The van der Waals surface area contributed by atoms with Crippen molar-refractivity contribution in [2.75, 3.05) is 4.90 Å². The highest BCUT2D eigenvalue weighted by atomic mass is 16.5. The summed E-state index contributed by atoms with van der Waals surface area (Å²) >= 11 is 0. The second-order valence-electron chi connectivity index (χ2n) is 7.27. The van der Waals surface area contributed by atoms with Crippen molar-refractivity contribution in [3.63, 3.8) is 0 Å². The van der Waals surface area contributed by atoms with Crippen molar-refractivity contribution in [1.29, 1.82) is 0 Å². The van der Waals surface area contributed by atoms with Crippen LogP contribution in [-0.2, 0) is 0 Å². The lowest BCUT2D eigenvalue weighted by Gasteiger charge is -2.24. The topological polar surface area (TPSA) is 42.7 Å². The molecule has 2 heterocycles. The Bertz CT molecular complexity index is 1250. The van der Waals surface area contributed by atoms with Crippen LogP contribution in [0.3, 0.4) is 0 Å². The van der Waals surface area contributed by atoms with Gasteiger partial charge < -0.3 is 9.15 Å². The van der Waals surface area contributed by atoms with Crippen LogP contribution in [-0.4, -0.2) is 5.97 Å². The van der Waals surface area contributed by atoms with E-state index in [0.717, 1.165) is 33.5 Å². The summed E-state index contributed by atoms with van der Waals surface area (Å²) in [7, 11) is 0. The summed E-state index contributed by atoms with van der Waals surface area (Å²) in [6.45, 7) is 6.02. The fourth-order valence-electron chi connectivity index (χ4n) is 3.74. The quantitative estimate of drug-likeness (QED) is 0.366. The molecule has 0 atom stereocenters. The molecule has 0 N–H and O–H groups in total. The normalized spacial score (nSPS) is 13.1. The summed E-state index contributed by atoms with van der Waals surface area (Å²) in [4.78, 5) is 15.0. The minimum Gasteiger partial charge on any atom is -0.436 e. The number of benzene rings is 3. The Morgan fingerprint density at radius 1 is 0.821 bits per heavy atom. The maximum absolute atomic E-state index is 13.0. The van der Waals surface area contributed by atoms with Crippen LogP contribution >= 0.6 is 0 Å². The third-order valence-corrected chi connectivity index (χ3v) is 5.15. The minimum atomic E-state index is -0.375. The Labute approximate surface area is 163 Å². The predicted molar refractivity (Wildman–Crippen MR) is 110 cm³/mol. The number of para-hydroxylation sites is 1. The SMILES string of the molecule is Cc1ccc2c(c1)C(=O)Oc1c(oc3ccc(C)cc13)N2c1ccccc1C. The molecule has 4 nitrogen and oxygen atoms in total. The Hall–Kier alpha value is -3.53. The molecule has 28 heavy (non-hydrogen) atoms. The zero-order chi connectivity index (χ0) is 19.4. The van der Waals surface area contributed by atoms with Crippen LogP contribution in [0.15, 0.2) is 65.1 Å². The number of hydrogen-bond acceptors (Lipinski definition) is 4. The van der Waals surface area contributed by atoms with Crippen molar-refractivity contribution >= 4 is 34.2 Å². The number of carbonyl (C=O) groups excluding carboxylic acids is 1. The van der Waals surface area contributed by atoms with Crippen molar-refractivity contribution in [2.24, 2.45) is 0 Å². The maximum atomic E-state index is 13.0. The average Bonchev–Trinajstić information content (AvgIpc) is 2.96. The Morgan fingerprint density at radius 3 is 2.39 bits per heavy atom. The van der Waals surface area contributed by atoms with Gasteiger partial charge in [-0.3, -0.25) is 4.90 Å². The second-order valence-corrected chi connectivity index (χ2v) is 7.27. The smallest absolute Gasteiger partial charge is 0.345 e. The van der Waals surface area contributed by atoms with E-state index >= 15 is 0 Å².